The summed E-state index contributed by atoms with van der Waals surface area (Å²) >= 11 is 0. The number of benzene rings is 3. The second kappa shape index (κ2) is 21.9. The maximum Gasteiger partial charge on any atom is 0.162 e. The van der Waals surface area contributed by atoms with E-state index in [-0.39, 0.29) is 34.4 Å². The Morgan fingerprint density at radius 3 is 1.86 bits per heavy atom. The molecule has 0 bridgehead atoms. The zero-order chi connectivity index (χ0) is 33.8. The SMILES string of the molecule is COc1ccc(C(=O)CCCCCCCC[c-]2cccc2C(=O)C=Cc2ccccc2)cc1.O=C(C=Cc1ccccc1)[c-]1[cH-][cH-][cH-][cH-]1.[Fe]. The molecule has 5 rings (SSSR count). The Bertz CT molecular complexity index is 1730. The third kappa shape index (κ3) is 13.7. The van der Waals surface area contributed by atoms with Crippen LogP contribution in [0.4, 0.5) is 0 Å². The Kier molecular flexibility index (Phi) is 17.3. The Hall–Kier alpha value is -4.83. The molecule has 49 heavy (non-hydrogen) atoms. The van der Waals surface area contributed by atoms with Crippen LogP contribution < -0.4 is 4.74 Å². The number of carbonyl (C=O) groups is 3. The Morgan fingerprint density at radius 1 is 0.673 bits per heavy atom. The van der Waals surface area contributed by atoms with Crippen LogP contribution >= 0.6 is 0 Å². The van der Waals surface area contributed by atoms with Crippen LogP contribution in [-0.2, 0) is 23.5 Å². The first-order valence-corrected chi connectivity index (χ1v) is 16.7. The number of unbranched alkanes of at least 4 members (excludes halogenated alkanes) is 5. The first-order chi connectivity index (χ1) is 23.5. The van der Waals surface area contributed by atoms with Crippen LogP contribution in [0.3, 0.4) is 0 Å². The number of aryl methyl sites for hydroxylation is 1. The molecule has 0 radical (unpaired) electrons. The molecule has 0 heterocycles. The first-order valence-electron chi connectivity index (χ1n) is 16.7. The van der Waals surface area contributed by atoms with Gasteiger partial charge in [-0.05, 0) is 36.2 Å². The van der Waals surface area contributed by atoms with Crippen LogP contribution in [0.5, 0.6) is 5.75 Å². The van der Waals surface area contributed by atoms with Crippen molar-refractivity contribution in [1.82, 2.24) is 0 Å². The van der Waals surface area contributed by atoms with E-state index in [4.69, 9.17) is 4.74 Å². The summed E-state index contributed by atoms with van der Waals surface area (Å²) in [5.74, 6) is 1.09. The number of Topliss-reactive ketones (excluding diaryl/α,β-unsaturated/α-hetero) is 1. The van der Waals surface area contributed by atoms with Crippen molar-refractivity contribution in [3.8, 4) is 5.75 Å². The number of ketones is 3. The second-order valence-corrected chi connectivity index (χ2v) is 11.6. The molecule has 0 aromatic heterocycles. The average molecular weight is 693 g/mol. The normalized spacial score (nSPS) is 10.7. The molecule has 0 atom stereocenters. The van der Waals surface area contributed by atoms with Gasteiger partial charge in [-0.25, -0.2) is 0 Å². The predicted molar refractivity (Wildman–Crippen MR) is 197 cm³/mol. The number of allylic oxidation sites excluding steroid dienone is 2. The molecule has 4 nitrogen and oxygen atoms in total. The van der Waals surface area contributed by atoms with Crippen molar-refractivity contribution in [2.75, 3.05) is 7.11 Å². The summed E-state index contributed by atoms with van der Waals surface area (Å²) in [7, 11) is 1.62. The molecule has 0 amide bonds. The van der Waals surface area contributed by atoms with Gasteiger partial charge in [0.1, 0.15) is 11.5 Å². The van der Waals surface area contributed by atoms with Crippen molar-refractivity contribution in [2.24, 2.45) is 0 Å². The molecule has 0 aliphatic carbocycles. The molecule has 5 aromatic carbocycles. The zero-order valence-corrected chi connectivity index (χ0v) is 29.2. The van der Waals surface area contributed by atoms with E-state index in [1.165, 1.54) is 0 Å². The van der Waals surface area contributed by atoms with Gasteiger partial charge in [0.2, 0.25) is 0 Å². The average Bonchev–Trinajstić information content (AvgIpc) is 3.85. The standard InChI is InChI=1S/C30H33O3.C14H11O.Fe/c1-33-27-21-19-26(20-22-27)29(31)17-10-5-3-2-4-9-14-25-15-11-16-28(25)30(32)23-18-24-12-7-6-8-13-24;15-14(13-8-4-5-9-13)11-10-12-6-2-1-3-7-12;/h6-8,11-13,15-16,18-23H,2-5,9-10,14,17H2,1H3;1-11H;/q-1;-5;. The summed E-state index contributed by atoms with van der Waals surface area (Å²) in [5.41, 5.74) is 5.53. The van der Waals surface area contributed by atoms with E-state index in [9.17, 15) is 14.4 Å². The molecule has 258 valence electrons. The number of rotatable bonds is 17. The molecule has 0 spiro atoms. The molecule has 0 aliphatic rings. The molecule has 0 saturated carbocycles. The topological polar surface area (TPSA) is 60.4 Å². The zero-order valence-electron chi connectivity index (χ0n) is 28.1. The third-order valence-electron chi connectivity index (χ3n) is 8.08. The van der Waals surface area contributed by atoms with E-state index in [1.54, 1.807) is 19.3 Å². The fourth-order valence-corrected chi connectivity index (χ4v) is 5.34. The van der Waals surface area contributed by atoms with E-state index in [0.29, 0.717) is 6.42 Å². The second-order valence-electron chi connectivity index (χ2n) is 11.6. The van der Waals surface area contributed by atoms with Gasteiger partial charge in [0, 0.05) is 29.1 Å². The van der Waals surface area contributed by atoms with E-state index in [1.807, 2.05) is 133 Å². The van der Waals surface area contributed by atoms with Gasteiger partial charge < -0.3 is 56.0 Å². The van der Waals surface area contributed by atoms with Crippen molar-refractivity contribution < 1.29 is 36.2 Å². The summed E-state index contributed by atoms with van der Waals surface area (Å²) < 4.78 is 5.13. The minimum absolute atomic E-state index is 0. The molecule has 5 aromatic rings. The van der Waals surface area contributed by atoms with E-state index >= 15 is 0 Å². The summed E-state index contributed by atoms with van der Waals surface area (Å²) in [6, 6.07) is 40.3. The van der Waals surface area contributed by atoms with Crippen LogP contribution in [-0.4, -0.2) is 24.5 Å². The number of methoxy groups -OCH3 is 1. The summed E-state index contributed by atoms with van der Waals surface area (Å²) in [5, 5.41) is 0. The first kappa shape index (κ1) is 38.6. The Labute approximate surface area is 301 Å². The minimum atomic E-state index is 0. The van der Waals surface area contributed by atoms with Crippen molar-refractivity contribution in [1.29, 1.82) is 0 Å². The Balaban J connectivity index is 0.000000339. The number of hydrogen-bond acceptors (Lipinski definition) is 4. The summed E-state index contributed by atoms with van der Waals surface area (Å²) in [4.78, 5) is 36.4. The fraction of sp³-hybridized carbons (Fsp3) is 0.205. The van der Waals surface area contributed by atoms with Crippen LogP contribution in [0.2, 0.25) is 0 Å². The van der Waals surface area contributed by atoms with Gasteiger partial charge in [0.15, 0.2) is 5.78 Å². The van der Waals surface area contributed by atoms with Crippen LogP contribution in [0.1, 0.15) is 92.7 Å². The largest absolute Gasteiger partial charge is 0.645 e. The van der Waals surface area contributed by atoms with Crippen molar-refractivity contribution >= 4 is 29.5 Å². The molecule has 0 N–H and O–H groups in total. The van der Waals surface area contributed by atoms with E-state index < -0.39 is 0 Å². The van der Waals surface area contributed by atoms with Gasteiger partial charge in [0.05, 0.1) is 7.11 Å². The molecule has 0 fully saturated rings. The number of hydrogen-bond donors (Lipinski definition) is 0. The Morgan fingerprint density at radius 2 is 1.24 bits per heavy atom. The van der Waals surface area contributed by atoms with E-state index in [2.05, 4.69) is 6.07 Å². The number of carbonyl (C=O) groups excluding carboxylic acids is 3. The van der Waals surface area contributed by atoms with Crippen LogP contribution in [0.25, 0.3) is 12.2 Å². The summed E-state index contributed by atoms with van der Waals surface area (Å²) in [6.45, 7) is 0. The van der Waals surface area contributed by atoms with Gasteiger partial charge in [0.25, 0.3) is 0 Å². The third-order valence-corrected chi connectivity index (χ3v) is 8.08. The van der Waals surface area contributed by atoms with Gasteiger partial charge >= 0.3 is 0 Å². The van der Waals surface area contributed by atoms with Crippen molar-refractivity contribution in [3.63, 3.8) is 0 Å². The molecule has 5 heteroatoms. The number of ether oxygens (including phenoxy) is 1. The fourth-order valence-electron chi connectivity index (χ4n) is 5.34. The van der Waals surface area contributed by atoms with Gasteiger partial charge in [-0.1, -0.05) is 117 Å². The minimum Gasteiger partial charge on any atom is -0.645 e. The molecule has 0 aliphatic heterocycles. The van der Waals surface area contributed by atoms with Crippen molar-refractivity contribution in [3.05, 3.63) is 173 Å². The molecule has 0 saturated heterocycles. The van der Waals surface area contributed by atoms with E-state index in [0.717, 1.165) is 84.1 Å². The molecular formula is C44H44FeO4-6. The maximum absolute atomic E-state index is 12.6. The van der Waals surface area contributed by atoms with Gasteiger partial charge in [-0.2, -0.15) is 24.3 Å². The predicted octanol–water partition coefficient (Wildman–Crippen LogP) is 10.8. The van der Waals surface area contributed by atoms with Crippen LogP contribution in [0.15, 0.2) is 140 Å². The van der Waals surface area contributed by atoms with Gasteiger partial charge in [-0.15, -0.1) is 11.1 Å². The van der Waals surface area contributed by atoms with Crippen LogP contribution in [0, 0.1) is 0 Å². The van der Waals surface area contributed by atoms with Crippen molar-refractivity contribution in [2.45, 2.75) is 51.4 Å². The van der Waals surface area contributed by atoms with Gasteiger partial charge in [-0.3, -0.25) is 4.79 Å². The summed E-state index contributed by atoms with van der Waals surface area (Å²) in [6.07, 6.45) is 15.0. The smallest absolute Gasteiger partial charge is 0.162 e. The monoisotopic (exact) mass is 692 g/mol. The maximum atomic E-state index is 12.6. The quantitative estimate of drug-likeness (QED) is 0.0320. The molecule has 0 unspecified atom stereocenters. The molecular weight excluding hydrogens is 648 g/mol.